The molecule has 0 amide bonds. The first kappa shape index (κ1) is 12.8. The van der Waals surface area contributed by atoms with E-state index in [-0.39, 0.29) is 0 Å². The Bertz CT molecular complexity index is 978. The van der Waals surface area contributed by atoms with Gasteiger partial charge in [-0.3, -0.25) is 0 Å². The zero-order chi connectivity index (χ0) is 14.9. The Balaban J connectivity index is 1.87. The van der Waals surface area contributed by atoms with Gasteiger partial charge in [-0.2, -0.15) is 0 Å². The molecule has 2 heteroatoms. The number of allylic oxidation sites excluding steroid dienone is 1. The van der Waals surface area contributed by atoms with Gasteiger partial charge in [0.2, 0.25) is 5.89 Å². The Morgan fingerprint density at radius 3 is 2.55 bits per heavy atom. The standard InChI is InChI=1S/C20H15NO/c1-2-5-14-8-10-16(11-9-14)20-21-18-13-12-15-6-3-4-7-17(15)19(18)22-20/h2-13H,1H3. The van der Waals surface area contributed by atoms with E-state index in [2.05, 4.69) is 41.4 Å². The highest BCUT2D eigenvalue weighted by Gasteiger charge is 2.10. The number of rotatable bonds is 2. The van der Waals surface area contributed by atoms with Crippen LogP contribution in [0.5, 0.6) is 0 Å². The van der Waals surface area contributed by atoms with Gasteiger partial charge in [0.05, 0.1) is 0 Å². The van der Waals surface area contributed by atoms with Gasteiger partial charge in [-0.15, -0.1) is 0 Å². The van der Waals surface area contributed by atoms with E-state index in [0.717, 1.165) is 22.0 Å². The highest BCUT2D eigenvalue weighted by atomic mass is 16.3. The summed E-state index contributed by atoms with van der Waals surface area (Å²) in [6.45, 7) is 2.01. The van der Waals surface area contributed by atoms with Crippen LogP contribution in [-0.2, 0) is 0 Å². The van der Waals surface area contributed by atoms with Crippen molar-refractivity contribution in [1.29, 1.82) is 0 Å². The summed E-state index contributed by atoms with van der Waals surface area (Å²) in [6.07, 6.45) is 4.10. The zero-order valence-corrected chi connectivity index (χ0v) is 12.3. The third kappa shape index (κ3) is 2.09. The fourth-order valence-corrected chi connectivity index (χ4v) is 2.71. The molecular weight excluding hydrogens is 270 g/mol. The summed E-state index contributed by atoms with van der Waals surface area (Å²) in [4.78, 5) is 4.62. The molecule has 2 nitrogen and oxygen atoms in total. The lowest BCUT2D eigenvalue weighted by Crippen LogP contribution is -1.77. The second-order valence-corrected chi connectivity index (χ2v) is 5.28. The van der Waals surface area contributed by atoms with Crippen LogP contribution in [0.3, 0.4) is 0 Å². The van der Waals surface area contributed by atoms with Gasteiger partial charge in [-0.1, -0.05) is 54.6 Å². The molecule has 106 valence electrons. The van der Waals surface area contributed by atoms with Crippen molar-refractivity contribution in [1.82, 2.24) is 4.98 Å². The average Bonchev–Trinajstić information content (AvgIpc) is 3.00. The van der Waals surface area contributed by atoms with Crippen LogP contribution in [0.1, 0.15) is 12.5 Å². The Morgan fingerprint density at radius 2 is 1.73 bits per heavy atom. The molecule has 0 radical (unpaired) electrons. The van der Waals surface area contributed by atoms with E-state index < -0.39 is 0 Å². The lowest BCUT2D eigenvalue weighted by Gasteiger charge is -1.97. The van der Waals surface area contributed by atoms with Crippen molar-refractivity contribution in [2.24, 2.45) is 0 Å². The SMILES string of the molecule is CC=Cc1ccc(-c2nc3ccc4ccccc4c3o2)cc1. The van der Waals surface area contributed by atoms with Crippen molar-refractivity contribution in [2.75, 3.05) is 0 Å². The highest BCUT2D eigenvalue weighted by Crippen LogP contribution is 2.30. The number of benzene rings is 3. The van der Waals surface area contributed by atoms with Crippen molar-refractivity contribution < 1.29 is 4.42 Å². The molecule has 0 bridgehead atoms. The number of fused-ring (bicyclic) bond motifs is 3. The molecule has 0 aliphatic rings. The third-order valence-corrected chi connectivity index (χ3v) is 3.80. The minimum atomic E-state index is 0.665. The van der Waals surface area contributed by atoms with Gasteiger partial charge in [0.1, 0.15) is 5.52 Å². The van der Waals surface area contributed by atoms with Crippen LogP contribution in [0.2, 0.25) is 0 Å². The average molecular weight is 285 g/mol. The normalized spacial score (nSPS) is 11.7. The fraction of sp³-hybridized carbons (Fsp3) is 0.0500. The molecule has 0 saturated carbocycles. The molecule has 0 N–H and O–H groups in total. The Labute approximate surface area is 128 Å². The number of oxazole rings is 1. The summed E-state index contributed by atoms with van der Waals surface area (Å²) in [7, 11) is 0. The Kier molecular flexibility index (Phi) is 3.01. The van der Waals surface area contributed by atoms with Crippen LogP contribution in [0.4, 0.5) is 0 Å². The largest absolute Gasteiger partial charge is 0.435 e. The van der Waals surface area contributed by atoms with Gasteiger partial charge in [-0.25, -0.2) is 4.98 Å². The van der Waals surface area contributed by atoms with E-state index >= 15 is 0 Å². The molecule has 0 fully saturated rings. The summed E-state index contributed by atoms with van der Waals surface area (Å²) in [5.41, 5.74) is 3.92. The van der Waals surface area contributed by atoms with Gasteiger partial charge in [0.15, 0.2) is 5.58 Å². The van der Waals surface area contributed by atoms with Crippen molar-refractivity contribution in [2.45, 2.75) is 6.92 Å². The molecule has 0 saturated heterocycles. The van der Waals surface area contributed by atoms with Gasteiger partial charge in [0.25, 0.3) is 0 Å². The quantitative estimate of drug-likeness (QED) is 0.473. The van der Waals surface area contributed by atoms with Crippen molar-refractivity contribution in [3.8, 4) is 11.5 Å². The van der Waals surface area contributed by atoms with Crippen molar-refractivity contribution in [3.63, 3.8) is 0 Å². The number of hydrogen-bond acceptors (Lipinski definition) is 2. The molecule has 3 aromatic carbocycles. The molecule has 1 aromatic heterocycles. The van der Waals surface area contributed by atoms with Crippen LogP contribution in [0, 0.1) is 0 Å². The van der Waals surface area contributed by atoms with Gasteiger partial charge in [-0.05, 0) is 36.1 Å². The third-order valence-electron chi connectivity index (χ3n) is 3.80. The highest BCUT2D eigenvalue weighted by molar-refractivity contribution is 6.03. The van der Waals surface area contributed by atoms with Gasteiger partial charge in [0, 0.05) is 10.9 Å². The second kappa shape index (κ2) is 5.15. The minimum absolute atomic E-state index is 0.665. The van der Waals surface area contributed by atoms with Crippen molar-refractivity contribution in [3.05, 3.63) is 72.3 Å². The van der Waals surface area contributed by atoms with E-state index in [4.69, 9.17) is 4.42 Å². The number of aromatic nitrogens is 1. The fourth-order valence-electron chi connectivity index (χ4n) is 2.71. The molecule has 0 spiro atoms. The first-order valence-corrected chi connectivity index (χ1v) is 7.36. The molecule has 0 aliphatic carbocycles. The zero-order valence-electron chi connectivity index (χ0n) is 12.3. The first-order chi connectivity index (χ1) is 10.8. The molecule has 22 heavy (non-hydrogen) atoms. The molecule has 4 rings (SSSR count). The van der Waals surface area contributed by atoms with E-state index in [1.54, 1.807) is 0 Å². The minimum Gasteiger partial charge on any atom is -0.435 e. The van der Waals surface area contributed by atoms with Crippen molar-refractivity contribution >= 4 is 27.9 Å². The molecule has 1 heterocycles. The maximum absolute atomic E-state index is 6.04. The molecule has 0 unspecified atom stereocenters. The summed E-state index contributed by atoms with van der Waals surface area (Å²) in [6, 6.07) is 20.5. The topological polar surface area (TPSA) is 26.0 Å². The Morgan fingerprint density at radius 1 is 0.909 bits per heavy atom. The Hall–Kier alpha value is -2.87. The summed E-state index contributed by atoms with van der Waals surface area (Å²) >= 11 is 0. The lowest BCUT2D eigenvalue weighted by atomic mass is 10.1. The molecule has 0 aliphatic heterocycles. The second-order valence-electron chi connectivity index (χ2n) is 5.28. The molecule has 0 atom stereocenters. The summed E-state index contributed by atoms with van der Waals surface area (Å²) in [5, 5.41) is 2.27. The van der Waals surface area contributed by atoms with Crippen LogP contribution in [-0.4, -0.2) is 4.98 Å². The molecule has 4 aromatic rings. The number of nitrogens with zero attached hydrogens (tertiary/aromatic N) is 1. The van der Waals surface area contributed by atoms with Crippen LogP contribution in [0.25, 0.3) is 39.4 Å². The van der Waals surface area contributed by atoms with E-state index in [0.29, 0.717) is 5.89 Å². The van der Waals surface area contributed by atoms with Crippen LogP contribution in [0.15, 0.2) is 71.2 Å². The maximum Gasteiger partial charge on any atom is 0.227 e. The molecular formula is C20H15NO. The maximum atomic E-state index is 6.04. The first-order valence-electron chi connectivity index (χ1n) is 7.36. The smallest absolute Gasteiger partial charge is 0.227 e. The van der Waals surface area contributed by atoms with Crippen LogP contribution >= 0.6 is 0 Å². The predicted octanol–water partition coefficient (Wildman–Crippen LogP) is 5.68. The lowest BCUT2D eigenvalue weighted by molar-refractivity contribution is 0.623. The van der Waals surface area contributed by atoms with E-state index in [9.17, 15) is 0 Å². The van der Waals surface area contributed by atoms with E-state index in [1.807, 2.05) is 43.3 Å². The predicted molar refractivity (Wildman–Crippen MR) is 91.7 cm³/mol. The summed E-state index contributed by atoms with van der Waals surface area (Å²) in [5.74, 6) is 0.665. The van der Waals surface area contributed by atoms with Crippen LogP contribution < -0.4 is 0 Å². The monoisotopic (exact) mass is 285 g/mol. The number of hydrogen-bond donors (Lipinski definition) is 0. The van der Waals surface area contributed by atoms with Gasteiger partial charge < -0.3 is 4.42 Å². The summed E-state index contributed by atoms with van der Waals surface area (Å²) < 4.78 is 6.04. The van der Waals surface area contributed by atoms with E-state index in [1.165, 1.54) is 10.9 Å². The van der Waals surface area contributed by atoms with Gasteiger partial charge >= 0.3 is 0 Å².